The number of fused-ring (bicyclic) bond motifs is 1. The molecule has 0 saturated heterocycles. The zero-order valence-corrected chi connectivity index (χ0v) is 13.6. The molecule has 0 aliphatic rings. The molecular weight excluding hydrogens is 282 g/mol. The molecule has 23 heavy (non-hydrogen) atoms. The summed E-state index contributed by atoms with van der Waals surface area (Å²) in [6.45, 7) is 2.73. The molecule has 1 amide bonds. The largest absolute Gasteiger partial charge is 0.341 e. The summed E-state index contributed by atoms with van der Waals surface area (Å²) in [6.07, 6.45) is 0.434. The van der Waals surface area contributed by atoms with E-state index in [0.29, 0.717) is 13.0 Å². The Kier molecular flexibility index (Phi) is 4.42. The van der Waals surface area contributed by atoms with Gasteiger partial charge < -0.3 is 4.90 Å². The number of carbonyl (C=O) groups excluding carboxylic acids is 1. The Morgan fingerprint density at radius 1 is 0.870 bits per heavy atom. The fourth-order valence-corrected chi connectivity index (χ4v) is 2.88. The van der Waals surface area contributed by atoms with Gasteiger partial charge in [-0.05, 0) is 34.4 Å². The molecule has 3 aromatic carbocycles. The SMILES string of the molecule is Cc1ccccc1CN(C)C(=O)Cc1cccc2ccccc12. The zero-order valence-electron chi connectivity index (χ0n) is 13.6. The van der Waals surface area contributed by atoms with Crippen molar-refractivity contribution in [3.05, 3.63) is 83.4 Å². The maximum absolute atomic E-state index is 12.6. The quantitative estimate of drug-likeness (QED) is 0.701. The van der Waals surface area contributed by atoms with Gasteiger partial charge in [0.1, 0.15) is 0 Å². The van der Waals surface area contributed by atoms with Crippen LogP contribution in [0.2, 0.25) is 0 Å². The van der Waals surface area contributed by atoms with Crippen LogP contribution in [-0.4, -0.2) is 17.9 Å². The first-order chi connectivity index (χ1) is 11.1. The van der Waals surface area contributed by atoms with Gasteiger partial charge in [-0.1, -0.05) is 66.7 Å². The fraction of sp³-hybridized carbons (Fsp3) is 0.190. The van der Waals surface area contributed by atoms with Gasteiger partial charge in [0.05, 0.1) is 6.42 Å². The third-order valence-corrected chi connectivity index (χ3v) is 4.32. The van der Waals surface area contributed by atoms with Gasteiger partial charge in [0.15, 0.2) is 0 Å². The van der Waals surface area contributed by atoms with E-state index in [-0.39, 0.29) is 5.91 Å². The summed E-state index contributed by atoms with van der Waals surface area (Å²) >= 11 is 0. The highest BCUT2D eigenvalue weighted by Crippen LogP contribution is 2.20. The smallest absolute Gasteiger partial charge is 0.227 e. The van der Waals surface area contributed by atoms with E-state index in [9.17, 15) is 4.79 Å². The minimum absolute atomic E-state index is 0.143. The number of aryl methyl sites for hydroxylation is 1. The number of benzene rings is 3. The van der Waals surface area contributed by atoms with Gasteiger partial charge in [-0.25, -0.2) is 0 Å². The van der Waals surface area contributed by atoms with Crippen molar-refractivity contribution < 1.29 is 4.79 Å². The molecule has 0 aromatic heterocycles. The number of carbonyl (C=O) groups is 1. The van der Waals surface area contributed by atoms with Gasteiger partial charge in [0, 0.05) is 13.6 Å². The summed E-state index contributed by atoms with van der Waals surface area (Å²) in [5.41, 5.74) is 3.50. The molecule has 3 rings (SSSR count). The van der Waals surface area contributed by atoms with Crippen LogP contribution >= 0.6 is 0 Å². The minimum Gasteiger partial charge on any atom is -0.341 e. The Morgan fingerprint density at radius 2 is 1.52 bits per heavy atom. The van der Waals surface area contributed by atoms with Crippen molar-refractivity contribution in [2.24, 2.45) is 0 Å². The van der Waals surface area contributed by atoms with Crippen LogP contribution in [0, 0.1) is 6.92 Å². The van der Waals surface area contributed by atoms with E-state index in [1.807, 2.05) is 48.3 Å². The van der Waals surface area contributed by atoms with Gasteiger partial charge in [-0.15, -0.1) is 0 Å². The van der Waals surface area contributed by atoms with E-state index in [2.05, 4.69) is 37.3 Å². The fourth-order valence-electron chi connectivity index (χ4n) is 2.88. The second kappa shape index (κ2) is 6.66. The van der Waals surface area contributed by atoms with Crippen LogP contribution in [0.3, 0.4) is 0 Å². The molecule has 2 heteroatoms. The molecule has 0 aliphatic heterocycles. The topological polar surface area (TPSA) is 20.3 Å². The van der Waals surface area contributed by atoms with Crippen molar-refractivity contribution in [1.29, 1.82) is 0 Å². The lowest BCUT2D eigenvalue weighted by Crippen LogP contribution is -2.28. The highest BCUT2D eigenvalue weighted by molar-refractivity contribution is 5.90. The van der Waals surface area contributed by atoms with E-state index in [1.165, 1.54) is 16.5 Å². The third-order valence-electron chi connectivity index (χ3n) is 4.32. The number of rotatable bonds is 4. The lowest BCUT2D eigenvalue weighted by atomic mass is 10.0. The first kappa shape index (κ1) is 15.3. The van der Waals surface area contributed by atoms with Crippen molar-refractivity contribution in [3.63, 3.8) is 0 Å². The van der Waals surface area contributed by atoms with Crippen LogP contribution in [0.1, 0.15) is 16.7 Å². The third kappa shape index (κ3) is 3.42. The highest BCUT2D eigenvalue weighted by atomic mass is 16.2. The Labute approximate surface area is 137 Å². The molecule has 0 radical (unpaired) electrons. The molecule has 0 atom stereocenters. The molecule has 0 unspecified atom stereocenters. The maximum Gasteiger partial charge on any atom is 0.227 e. The second-order valence-corrected chi connectivity index (χ2v) is 5.99. The zero-order chi connectivity index (χ0) is 16.2. The van der Waals surface area contributed by atoms with Crippen molar-refractivity contribution in [1.82, 2.24) is 4.90 Å². The normalized spacial score (nSPS) is 10.7. The van der Waals surface area contributed by atoms with Gasteiger partial charge in [-0.3, -0.25) is 4.79 Å². The standard InChI is InChI=1S/C21H21NO/c1-16-8-3-4-10-19(16)15-22(2)21(23)14-18-12-7-11-17-9-5-6-13-20(17)18/h3-13H,14-15H2,1-2H3. The van der Waals surface area contributed by atoms with Crippen LogP contribution in [0.5, 0.6) is 0 Å². The summed E-state index contributed by atoms with van der Waals surface area (Å²) in [5, 5.41) is 2.34. The van der Waals surface area contributed by atoms with Crippen molar-refractivity contribution >= 4 is 16.7 Å². The summed E-state index contributed by atoms with van der Waals surface area (Å²) in [5.74, 6) is 0.143. The van der Waals surface area contributed by atoms with Gasteiger partial charge in [0.25, 0.3) is 0 Å². The van der Waals surface area contributed by atoms with Crippen molar-refractivity contribution in [2.75, 3.05) is 7.05 Å². The predicted octanol–water partition coefficient (Wildman–Crippen LogP) is 4.35. The van der Waals surface area contributed by atoms with Crippen LogP contribution in [0.4, 0.5) is 0 Å². The molecule has 0 N–H and O–H groups in total. The van der Waals surface area contributed by atoms with Gasteiger partial charge >= 0.3 is 0 Å². The molecule has 0 saturated carbocycles. The number of nitrogens with zero attached hydrogens (tertiary/aromatic N) is 1. The average Bonchev–Trinajstić information content (AvgIpc) is 2.57. The van der Waals surface area contributed by atoms with Crippen LogP contribution in [0.15, 0.2) is 66.7 Å². The van der Waals surface area contributed by atoms with Gasteiger partial charge in [-0.2, -0.15) is 0 Å². The van der Waals surface area contributed by atoms with E-state index >= 15 is 0 Å². The summed E-state index contributed by atoms with van der Waals surface area (Å²) < 4.78 is 0. The minimum atomic E-state index is 0.143. The molecule has 3 aromatic rings. The Balaban J connectivity index is 1.77. The second-order valence-electron chi connectivity index (χ2n) is 5.99. The van der Waals surface area contributed by atoms with E-state index in [0.717, 1.165) is 10.9 Å². The lowest BCUT2D eigenvalue weighted by Gasteiger charge is -2.19. The first-order valence-electron chi connectivity index (χ1n) is 7.90. The Bertz CT molecular complexity index is 833. The predicted molar refractivity (Wildman–Crippen MR) is 95.3 cm³/mol. The molecule has 0 fully saturated rings. The highest BCUT2D eigenvalue weighted by Gasteiger charge is 2.12. The van der Waals surface area contributed by atoms with E-state index in [1.54, 1.807) is 0 Å². The summed E-state index contributed by atoms with van der Waals surface area (Å²) in [6, 6.07) is 22.6. The molecule has 0 aliphatic carbocycles. The molecule has 0 bridgehead atoms. The molecular formula is C21H21NO. The Hall–Kier alpha value is -2.61. The monoisotopic (exact) mass is 303 g/mol. The lowest BCUT2D eigenvalue weighted by molar-refractivity contribution is -0.129. The van der Waals surface area contributed by atoms with Crippen LogP contribution in [0.25, 0.3) is 10.8 Å². The number of hydrogen-bond acceptors (Lipinski definition) is 1. The molecule has 116 valence electrons. The van der Waals surface area contributed by atoms with Crippen molar-refractivity contribution in [2.45, 2.75) is 19.9 Å². The Morgan fingerprint density at radius 3 is 2.35 bits per heavy atom. The molecule has 0 heterocycles. The summed E-state index contributed by atoms with van der Waals surface area (Å²) in [7, 11) is 1.87. The first-order valence-corrected chi connectivity index (χ1v) is 7.90. The van der Waals surface area contributed by atoms with Crippen LogP contribution in [-0.2, 0) is 17.8 Å². The molecule has 0 spiro atoms. The number of hydrogen-bond donors (Lipinski definition) is 0. The van der Waals surface area contributed by atoms with Crippen molar-refractivity contribution in [3.8, 4) is 0 Å². The van der Waals surface area contributed by atoms with Gasteiger partial charge in [0.2, 0.25) is 5.91 Å². The summed E-state index contributed by atoms with van der Waals surface area (Å²) in [4.78, 5) is 14.4. The number of amides is 1. The van der Waals surface area contributed by atoms with Crippen LogP contribution < -0.4 is 0 Å². The molecule has 2 nitrogen and oxygen atoms in total. The number of likely N-dealkylation sites (N-methyl/N-ethyl adjacent to an activating group) is 1. The maximum atomic E-state index is 12.6. The van der Waals surface area contributed by atoms with E-state index < -0.39 is 0 Å². The average molecular weight is 303 g/mol. The van der Waals surface area contributed by atoms with E-state index in [4.69, 9.17) is 0 Å².